The summed E-state index contributed by atoms with van der Waals surface area (Å²) in [6.45, 7) is 7.34. The summed E-state index contributed by atoms with van der Waals surface area (Å²) in [6, 6.07) is 2.83. The molecule has 1 saturated carbocycles. The maximum absolute atomic E-state index is 9.03. The van der Waals surface area contributed by atoms with Crippen LogP contribution in [0.1, 0.15) is 33.6 Å². The van der Waals surface area contributed by atoms with E-state index in [-0.39, 0.29) is 0 Å². The van der Waals surface area contributed by atoms with Gasteiger partial charge in [0.25, 0.3) is 0 Å². The van der Waals surface area contributed by atoms with E-state index in [2.05, 4.69) is 25.2 Å². The number of nitrogens with one attached hydrogen (secondary N) is 1. The molecule has 0 amide bonds. The highest BCUT2D eigenvalue weighted by atomic mass is 16.5. The van der Waals surface area contributed by atoms with Crippen LogP contribution >= 0.6 is 0 Å². The molecule has 0 radical (unpaired) electrons. The molecule has 1 aliphatic rings. The van der Waals surface area contributed by atoms with Crippen LogP contribution in [0.15, 0.2) is 0 Å². The van der Waals surface area contributed by atoms with Crippen molar-refractivity contribution >= 4 is 0 Å². The fourth-order valence-corrected chi connectivity index (χ4v) is 1.28. The van der Waals surface area contributed by atoms with Gasteiger partial charge in [0, 0.05) is 12.6 Å². The van der Waals surface area contributed by atoms with Crippen LogP contribution in [-0.2, 0) is 4.74 Å². The van der Waals surface area contributed by atoms with E-state index in [0.717, 1.165) is 6.61 Å². The highest BCUT2D eigenvalue weighted by Gasteiger charge is 2.32. The van der Waals surface area contributed by atoms with Crippen LogP contribution in [0.25, 0.3) is 0 Å². The van der Waals surface area contributed by atoms with Crippen LogP contribution in [0.5, 0.6) is 0 Å². The zero-order valence-electron chi connectivity index (χ0n) is 9.34. The van der Waals surface area contributed by atoms with Crippen LogP contribution in [0, 0.1) is 17.2 Å². The number of ether oxygens (including phenoxy) is 1. The Balaban J connectivity index is 2.25. The molecule has 1 aliphatic carbocycles. The maximum Gasteiger partial charge on any atom is 0.127 e. The second-order valence-electron chi connectivity index (χ2n) is 4.77. The molecule has 3 nitrogen and oxygen atoms in total. The third-order valence-electron chi connectivity index (χ3n) is 2.19. The molecule has 80 valence electrons. The first-order valence-electron chi connectivity index (χ1n) is 5.32. The van der Waals surface area contributed by atoms with Gasteiger partial charge in [-0.3, -0.25) is 5.32 Å². The Bertz CT molecular complexity index is 218. The molecular weight excluding hydrogens is 176 g/mol. The average Bonchev–Trinajstić information content (AvgIpc) is 2.87. The topological polar surface area (TPSA) is 45.0 Å². The number of nitrogens with zero attached hydrogens (tertiary/aromatic N) is 1. The van der Waals surface area contributed by atoms with Crippen molar-refractivity contribution in [3.63, 3.8) is 0 Å². The number of rotatable bonds is 6. The molecule has 1 N–H and O–H groups in total. The summed E-state index contributed by atoms with van der Waals surface area (Å²) >= 11 is 0. The summed E-state index contributed by atoms with van der Waals surface area (Å²) in [5.41, 5.74) is -0.504. The van der Waals surface area contributed by atoms with Crippen LogP contribution in [0.2, 0.25) is 0 Å². The lowest BCUT2D eigenvalue weighted by molar-refractivity contribution is 0.0758. The Hall–Kier alpha value is -0.590. The Morgan fingerprint density at radius 3 is 2.64 bits per heavy atom. The smallest absolute Gasteiger partial charge is 0.127 e. The number of hydrogen-bond acceptors (Lipinski definition) is 3. The molecule has 0 bridgehead atoms. The second kappa shape index (κ2) is 4.77. The highest BCUT2D eigenvalue weighted by molar-refractivity contribution is 5.07. The molecule has 0 spiro atoms. The minimum atomic E-state index is -0.504. The molecule has 3 heteroatoms. The van der Waals surface area contributed by atoms with E-state index in [1.165, 1.54) is 12.8 Å². The van der Waals surface area contributed by atoms with E-state index in [1.807, 2.05) is 6.92 Å². The van der Waals surface area contributed by atoms with Gasteiger partial charge in [0.2, 0.25) is 0 Å². The molecule has 0 aliphatic heterocycles. The van der Waals surface area contributed by atoms with Gasteiger partial charge in [-0.2, -0.15) is 5.26 Å². The SMILES string of the molecule is CC(C)COCC(C)(C#N)NC1CC1. The zero-order valence-corrected chi connectivity index (χ0v) is 9.34. The normalized spacial score (nSPS) is 20.5. The Labute approximate surface area is 86.4 Å². The lowest BCUT2D eigenvalue weighted by atomic mass is 10.1. The Kier molecular flexibility index (Phi) is 3.91. The fourth-order valence-electron chi connectivity index (χ4n) is 1.28. The van der Waals surface area contributed by atoms with E-state index >= 15 is 0 Å². The molecule has 1 unspecified atom stereocenters. The van der Waals surface area contributed by atoms with Crippen molar-refractivity contribution in [1.29, 1.82) is 5.26 Å². The van der Waals surface area contributed by atoms with Gasteiger partial charge in [0.05, 0.1) is 12.7 Å². The fraction of sp³-hybridized carbons (Fsp3) is 0.909. The monoisotopic (exact) mass is 196 g/mol. The summed E-state index contributed by atoms with van der Waals surface area (Å²) < 4.78 is 5.49. The lowest BCUT2D eigenvalue weighted by Crippen LogP contribution is -2.46. The lowest BCUT2D eigenvalue weighted by Gasteiger charge is -2.23. The quantitative estimate of drug-likeness (QED) is 0.703. The second-order valence-corrected chi connectivity index (χ2v) is 4.77. The van der Waals surface area contributed by atoms with Crippen molar-refractivity contribution in [2.75, 3.05) is 13.2 Å². The molecular formula is C11H20N2O. The van der Waals surface area contributed by atoms with Crippen LogP contribution < -0.4 is 5.32 Å². The van der Waals surface area contributed by atoms with Gasteiger partial charge in [-0.15, -0.1) is 0 Å². The molecule has 0 aromatic heterocycles. The predicted molar refractivity (Wildman–Crippen MR) is 55.8 cm³/mol. The molecule has 0 aromatic carbocycles. The van der Waals surface area contributed by atoms with Gasteiger partial charge in [0.1, 0.15) is 5.54 Å². The molecule has 1 atom stereocenters. The van der Waals surface area contributed by atoms with Gasteiger partial charge in [0.15, 0.2) is 0 Å². The van der Waals surface area contributed by atoms with Gasteiger partial charge in [-0.05, 0) is 25.7 Å². The first kappa shape index (κ1) is 11.5. The van der Waals surface area contributed by atoms with Gasteiger partial charge >= 0.3 is 0 Å². The minimum absolute atomic E-state index is 0.484. The molecule has 0 heterocycles. The number of hydrogen-bond donors (Lipinski definition) is 1. The number of nitriles is 1. The van der Waals surface area contributed by atoms with Crippen molar-refractivity contribution in [3.8, 4) is 6.07 Å². The van der Waals surface area contributed by atoms with E-state index in [1.54, 1.807) is 0 Å². The van der Waals surface area contributed by atoms with Crippen molar-refractivity contribution in [1.82, 2.24) is 5.32 Å². The third kappa shape index (κ3) is 4.08. The summed E-state index contributed by atoms with van der Waals surface area (Å²) in [5.74, 6) is 0.527. The van der Waals surface area contributed by atoms with Gasteiger partial charge < -0.3 is 4.74 Å². The van der Waals surface area contributed by atoms with Crippen LogP contribution in [0.3, 0.4) is 0 Å². The van der Waals surface area contributed by atoms with E-state index in [9.17, 15) is 0 Å². The summed E-state index contributed by atoms with van der Waals surface area (Å²) in [7, 11) is 0. The van der Waals surface area contributed by atoms with E-state index < -0.39 is 5.54 Å². The van der Waals surface area contributed by atoms with Crippen molar-refractivity contribution < 1.29 is 4.74 Å². The third-order valence-corrected chi connectivity index (χ3v) is 2.19. The maximum atomic E-state index is 9.03. The Morgan fingerprint density at radius 2 is 2.21 bits per heavy atom. The molecule has 0 saturated heterocycles. The van der Waals surface area contributed by atoms with Crippen molar-refractivity contribution in [2.45, 2.75) is 45.2 Å². The van der Waals surface area contributed by atoms with Crippen molar-refractivity contribution in [2.24, 2.45) is 5.92 Å². The first-order chi connectivity index (χ1) is 6.56. The van der Waals surface area contributed by atoms with E-state index in [0.29, 0.717) is 18.6 Å². The zero-order chi connectivity index (χ0) is 10.6. The molecule has 0 aromatic rings. The Morgan fingerprint density at radius 1 is 1.57 bits per heavy atom. The first-order valence-corrected chi connectivity index (χ1v) is 5.32. The van der Waals surface area contributed by atoms with Crippen LogP contribution in [-0.4, -0.2) is 24.8 Å². The minimum Gasteiger partial charge on any atom is -0.378 e. The van der Waals surface area contributed by atoms with Gasteiger partial charge in [-0.25, -0.2) is 0 Å². The van der Waals surface area contributed by atoms with E-state index in [4.69, 9.17) is 10.00 Å². The summed E-state index contributed by atoms with van der Waals surface area (Å²) in [5, 5.41) is 12.3. The summed E-state index contributed by atoms with van der Waals surface area (Å²) in [4.78, 5) is 0. The molecule has 1 rings (SSSR count). The predicted octanol–water partition coefficient (Wildman–Crippen LogP) is 1.69. The summed E-state index contributed by atoms with van der Waals surface area (Å²) in [6.07, 6.45) is 2.39. The largest absolute Gasteiger partial charge is 0.378 e. The average molecular weight is 196 g/mol. The van der Waals surface area contributed by atoms with Crippen molar-refractivity contribution in [3.05, 3.63) is 0 Å². The highest BCUT2D eigenvalue weighted by Crippen LogP contribution is 2.22. The molecule has 14 heavy (non-hydrogen) atoms. The van der Waals surface area contributed by atoms with Crippen LogP contribution in [0.4, 0.5) is 0 Å². The van der Waals surface area contributed by atoms with Gasteiger partial charge in [-0.1, -0.05) is 13.8 Å². The standard InChI is InChI=1S/C11H20N2O/c1-9(2)6-14-8-11(3,7-12)13-10-4-5-10/h9-10,13H,4-6,8H2,1-3H3. The molecule has 1 fully saturated rings.